The molecule has 0 spiro atoms. The maximum atomic E-state index is 6.06. The Morgan fingerprint density at radius 2 is 1.96 bits per heavy atom. The van der Waals surface area contributed by atoms with E-state index in [0.717, 1.165) is 50.4 Å². The number of ether oxygens (including phenoxy) is 2. The lowest BCUT2D eigenvalue weighted by Crippen LogP contribution is -2.40. The Morgan fingerprint density at radius 3 is 2.59 bits per heavy atom. The smallest absolute Gasteiger partial charge is 0.193 e. The molecule has 1 aromatic rings. The third kappa shape index (κ3) is 9.14. The summed E-state index contributed by atoms with van der Waals surface area (Å²) in [6, 6.07) is 10.00. The summed E-state index contributed by atoms with van der Waals surface area (Å²) < 4.78 is 11.5. The lowest BCUT2D eigenvalue weighted by atomic mass is 9.96. The summed E-state index contributed by atoms with van der Waals surface area (Å²) in [7, 11) is 2.12. The van der Waals surface area contributed by atoms with Crippen LogP contribution in [0.15, 0.2) is 35.3 Å². The molecular weight excluding hydrogens is 453 g/mol. The van der Waals surface area contributed by atoms with Gasteiger partial charge in [0.05, 0.1) is 6.54 Å². The summed E-state index contributed by atoms with van der Waals surface area (Å²) in [6.45, 7) is 8.64. The molecule has 2 rings (SSSR count). The van der Waals surface area contributed by atoms with Gasteiger partial charge in [0.15, 0.2) is 5.96 Å². The third-order valence-electron chi connectivity index (χ3n) is 4.86. The molecule has 1 aliphatic rings. The Morgan fingerprint density at radius 1 is 1.26 bits per heavy atom. The summed E-state index contributed by atoms with van der Waals surface area (Å²) in [4.78, 5) is 7.07. The second kappa shape index (κ2) is 14.0. The van der Waals surface area contributed by atoms with Crippen LogP contribution in [-0.2, 0) is 4.74 Å². The molecule has 1 saturated heterocycles. The van der Waals surface area contributed by atoms with E-state index in [9.17, 15) is 0 Å². The predicted octanol–water partition coefficient (Wildman–Crippen LogP) is 4.18. The van der Waals surface area contributed by atoms with Crippen molar-refractivity contribution in [2.75, 3.05) is 39.9 Å². The highest BCUT2D eigenvalue weighted by Crippen LogP contribution is 2.18. The zero-order chi connectivity index (χ0) is 18.6. The zero-order valence-corrected chi connectivity index (χ0v) is 19.4. The zero-order valence-electron chi connectivity index (χ0n) is 17.0. The standard InChI is InChI=1S/C21H35N3O2.HI/c1-4-19(26-20-9-7-6-8-10-20)17-23-21(22-5-2)24(3)14-11-18-12-15-25-16-13-18;/h6-10,18-19H,4-5,11-17H2,1-3H3,(H,22,23);1H. The van der Waals surface area contributed by atoms with Crippen molar-refractivity contribution >= 4 is 29.9 Å². The van der Waals surface area contributed by atoms with Crippen LogP contribution >= 0.6 is 24.0 Å². The van der Waals surface area contributed by atoms with E-state index in [1.807, 2.05) is 30.3 Å². The highest BCUT2D eigenvalue weighted by atomic mass is 127. The highest BCUT2D eigenvalue weighted by molar-refractivity contribution is 14.0. The van der Waals surface area contributed by atoms with E-state index >= 15 is 0 Å². The van der Waals surface area contributed by atoms with Crippen molar-refractivity contribution in [2.24, 2.45) is 10.9 Å². The molecule has 27 heavy (non-hydrogen) atoms. The fourth-order valence-electron chi connectivity index (χ4n) is 3.12. The topological polar surface area (TPSA) is 46.1 Å². The van der Waals surface area contributed by atoms with E-state index < -0.39 is 0 Å². The van der Waals surface area contributed by atoms with E-state index in [1.54, 1.807) is 0 Å². The number of hydrogen-bond acceptors (Lipinski definition) is 3. The van der Waals surface area contributed by atoms with Crippen LogP contribution in [0.5, 0.6) is 5.75 Å². The second-order valence-electron chi connectivity index (χ2n) is 6.92. The van der Waals surface area contributed by atoms with Crippen LogP contribution in [0.3, 0.4) is 0 Å². The Hall–Kier alpha value is -1.02. The average Bonchev–Trinajstić information content (AvgIpc) is 2.69. The van der Waals surface area contributed by atoms with E-state index in [1.165, 1.54) is 19.3 Å². The molecule has 0 aliphatic carbocycles. The van der Waals surface area contributed by atoms with Crippen LogP contribution in [0.1, 0.15) is 39.5 Å². The Balaban J connectivity index is 0.00000364. The number of benzene rings is 1. The van der Waals surface area contributed by atoms with Gasteiger partial charge in [-0.15, -0.1) is 24.0 Å². The average molecular weight is 489 g/mol. The van der Waals surface area contributed by atoms with Gasteiger partial charge in [-0.1, -0.05) is 25.1 Å². The monoisotopic (exact) mass is 489 g/mol. The summed E-state index contributed by atoms with van der Waals surface area (Å²) >= 11 is 0. The number of para-hydroxylation sites is 1. The number of halogens is 1. The fraction of sp³-hybridized carbons (Fsp3) is 0.667. The van der Waals surface area contributed by atoms with E-state index in [0.29, 0.717) is 6.54 Å². The van der Waals surface area contributed by atoms with Gasteiger partial charge in [0.25, 0.3) is 0 Å². The summed E-state index contributed by atoms with van der Waals surface area (Å²) in [5.41, 5.74) is 0. The lowest BCUT2D eigenvalue weighted by Gasteiger charge is -2.27. The van der Waals surface area contributed by atoms with Crippen molar-refractivity contribution in [2.45, 2.75) is 45.6 Å². The molecule has 1 aromatic carbocycles. The molecule has 1 aliphatic heterocycles. The number of nitrogens with zero attached hydrogens (tertiary/aromatic N) is 2. The van der Waals surface area contributed by atoms with E-state index in [4.69, 9.17) is 14.5 Å². The van der Waals surface area contributed by atoms with Crippen LogP contribution in [0, 0.1) is 5.92 Å². The van der Waals surface area contributed by atoms with Gasteiger partial charge in [-0.25, -0.2) is 4.99 Å². The molecule has 1 N–H and O–H groups in total. The van der Waals surface area contributed by atoms with E-state index in [2.05, 4.69) is 31.1 Å². The lowest BCUT2D eigenvalue weighted by molar-refractivity contribution is 0.0625. The third-order valence-corrected chi connectivity index (χ3v) is 4.86. The Kier molecular flexibility index (Phi) is 12.5. The van der Waals surface area contributed by atoms with Crippen molar-refractivity contribution in [3.63, 3.8) is 0 Å². The van der Waals surface area contributed by atoms with Crippen LogP contribution in [0.25, 0.3) is 0 Å². The Bertz CT molecular complexity index is 521. The fourth-order valence-corrected chi connectivity index (χ4v) is 3.12. The Labute approximate surface area is 181 Å². The quantitative estimate of drug-likeness (QED) is 0.321. The second-order valence-corrected chi connectivity index (χ2v) is 6.92. The number of nitrogens with one attached hydrogen (secondary N) is 1. The maximum Gasteiger partial charge on any atom is 0.193 e. The molecule has 1 unspecified atom stereocenters. The van der Waals surface area contributed by atoms with Crippen LogP contribution in [0.4, 0.5) is 0 Å². The summed E-state index contributed by atoms with van der Waals surface area (Å²) in [5, 5.41) is 3.41. The molecular formula is C21H36IN3O2. The van der Waals surface area contributed by atoms with Gasteiger partial charge in [-0.2, -0.15) is 0 Å². The van der Waals surface area contributed by atoms with Crippen LogP contribution in [-0.4, -0.2) is 56.9 Å². The minimum absolute atomic E-state index is 0. The van der Waals surface area contributed by atoms with Crippen LogP contribution in [0.2, 0.25) is 0 Å². The molecule has 1 heterocycles. The minimum atomic E-state index is 0. The maximum absolute atomic E-state index is 6.06. The summed E-state index contributed by atoms with van der Waals surface area (Å²) in [6.07, 6.45) is 4.59. The van der Waals surface area contributed by atoms with Gasteiger partial charge >= 0.3 is 0 Å². The number of rotatable bonds is 9. The predicted molar refractivity (Wildman–Crippen MR) is 123 cm³/mol. The first-order chi connectivity index (χ1) is 12.7. The molecule has 1 fully saturated rings. The molecule has 0 radical (unpaired) electrons. The molecule has 0 bridgehead atoms. The largest absolute Gasteiger partial charge is 0.489 e. The number of aliphatic imine (C=N–C) groups is 1. The molecule has 1 atom stereocenters. The molecule has 0 aromatic heterocycles. The van der Waals surface area contributed by atoms with Gasteiger partial charge in [-0.3, -0.25) is 0 Å². The van der Waals surface area contributed by atoms with E-state index in [-0.39, 0.29) is 30.1 Å². The summed E-state index contributed by atoms with van der Waals surface area (Å²) in [5.74, 6) is 2.65. The molecule has 0 saturated carbocycles. The normalized spacial score (nSPS) is 16.3. The van der Waals surface area contributed by atoms with Gasteiger partial charge in [-0.05, 0) is 50.7 Å². The van der Waals surface area contributed by atoms with Crippen molar-refractivity contribution in [3.05, 3.63) is 30.3 Å². The van der Waals surface area contributed by atoms with Crippen molar-refractivity contribution < 1.29 is 9.47 Å². The molecule has 154 valence electrons. The van der Waals surface area contributed by atoms with Gasteiger partial charge < -0.3 is 19.7 Å². The van der Waals surface area contributed by atoms with Gasteiger partial charge in [0.2, 0.25) is 0 Å². The molecule has 6 heteroatoms. The van der Waals surface area contributed by atoms with Crippen LogP contribution < -0.4 is 10.1 Å². The van der Waals surface area contributed by atoms with Crippen molar-refractivity contribution in [3.8, 4) is 5.75 Å². The highest BCUT2D eigenvalue weighted by Gasteiger charge is 2.16. The SMILES string of the molecule is CCNC(=NCC(CC)Oc1ccccc1)N(C)CCC1CCOCC1.I. The van der Waals surface area contributed by atoms with Crippen molar-refractivity contribution in [1.29, 1.82) is 0 Å². The first-order valence-electron chi connectivity index (χ1n) is 10.0. The molecule has 5 nitrogen and oxygen atoms in total. The number of hydrogen-bond donors (Lipinski definition) is 1. The number of guanidine groups is 1. The molecule has 0 amide bonds. The minimum Gasteiger partial charge on any atom is -0.489 e. The first kappa shape index (κ1) is 24.0. The van der Waals surface area contributed by atoms with Gasteiger partial charge in [0.1, 0.15) is 11.9 Å². The van der Waals surface area contributed by atoms with Gasteiger partial charge in [0, 0.05) is 33.4 Å². The first-order valence-corrected chi connectivity index (χ1v) is 10.0. The van der Waals surface area contributed by atoms with Crippen molar-refractivity contribution in [1.82, 2.24) is 10.2 Å².